The van der Waals surface area contributed by atoms with Gasteiger partial charge >= 0.3 is 0 Å². The van der Waals surface area contributed by atoms with Gasteiger partial charge in [0.2, 0.25) is 0 Å². The van der Waals surface area contributed by atoms with Crippen LogP contribution < -0.4 is 0 Å². The molecule has 0 N–H and O–H groups in total. The van der Waals surface area contributed by atoms with Crippen molar-refractivity contribution in [1.29, 1.82) is 0 Å². The summed E-state index contributed by atoms with van der Waals surface area (Å²) < 4.78 is 0. The lowest BCUT2D eigenvalue weighted by Crippen LogP contribution is -2.51. The maximum atomic E-state index is 13.4. The first-order chi connectivity index (χ1) is 15.3. The Kier molecular flexibility index (Phi) is 6.02. The number of ketones is 1. The number of nitrogens with zero attached hydrogens (tertiary/aromatic N) is 2. The number of hydrazine groups is 1. The molecule has 1 heterocycles. The normalized spacial score (nSPS) is 12.7. The molecule has 4 rings (SSSR count). The SMILES string of the molecule is O=C(CN(C(=O)c1ccccc1Cl)N1C(=O)c2ccccc2C1=O)c1ccc(Cl)cc1Cl. The summed E-state index contributed by atoms with van der Waals surface area (Å²) in [4.78, 5) is 52.5. The van der Waals surface area contributed by atoms with E-state index >= 15 is 0 Å². The van der Waals surface area contributed by atoms with Crippen LogP contribution in [0, 0.1) is 0 Å². The Morgan fingerprint density at radius 2 is 1.34 bits per heavy atom. The fourth-order valence-corrected chi connectivity index (χ4v) is 4.07. The third kappa shape index (κ3) is 3.88. The van der Waals surface area contributed by atoms with Crippen molar-refractivity contribution in [2.45, 2.75) is 0 Å². The number of fused-ring (bicyclic) bond motifs is 1. The van der Waals surface area contributed by atoms with Gasteiger partial charge in [0.05, 0.1) is 26.7 Å². The fourth-order valence-electron chi connectivity index (χ4n) is 3.34. The van der Waals surface area contributed by atoms with Crippen LogP contribution in [0.4, 0.5) is 0 Å². The van der Waals surface area contributed by atoms with E-state index in [1.54, 1.807) is 24.3 Å². The first-order valence-electron chi connectivity index (χ1n) is 9.32. The molecule has 3 aromatic rings. The number of Topliss-reactive ketones (excluding diaryl/α,β-unsaturated/α-hetero) is 1. The summed E-state index contributed by atoms with van der Waals surface area (Å²) in [7, 11) is 0. The predicted octanol–water partition coefficient (Wildman–Crippen LogP) is 5.18. The lowest BCUT2D eigenvalue weighted by molar-refractivity contribution is 0.00532. The van der Waals surface area contributed by atoms with E-state index in [0.29, 0.717) is 10.0 Å². The molecule has 0 aliphatic carbocycles. The summed E-state index contributed by atoms with van der Waals surface area (Å²) >= 11 is 18.2. The summed E-state index contributed by atoms with van der Waals surface area (Å²) in [5.74, 6) is -2.82. The minimum absolute atomic E-state index is 0.0284. The zero-order valence-electron chi connectivity index (χ0n) is 16.2. The molecule has 3 aromatic carbocycles. The highest BCUT2D eigenvalue weighted by atomic mass is 35.5. The zero-order chi connectivity index (χ0) is 23.0. The predicted molar refractivity (Wildman–Crippen MR) is 120 cm³/mol. The number of benzene rings is 3. The Morgan fingerprint density at radius 1 is 0.750 bits per heavy atom. The zero-order valence-corrected chi connectivity index (χ0v) is 18.5. The van der Waals surface area contributed by atoms with Gasteiger partial charge < -0.3 is 0 Å². The second-order valence-electron chi connectivity index (χ2n) is 6.86. The monoisotopic (exact) mass is 486 g/mol. The molecule has 0 saturated heterocycles. The molecule has 0 radical (unpaired) electrons. The Morgan fingerprint density at radius 3 is 1.94 bits per heavy atom. The third-order valence-electron chi connectivity index (χ3n) is 4.88. The second-order valence-corrected chi connectivity index (χ2v) is 8.11. The molecule has 6 nitrogen and oxygen atoms in total. The number of imide groups is 1. The molecule has 160 valence electrons. The molecule has 0 fully saturated rings. The van der Waals surface area contributed by atoms with Crippen molar-refractivity contribution >= 4 is 58.3 Å². The molecule has 0 atom stereocenters. The van der Waals surface area contributed by atoms with Crippen molar-refractivity contribution in [2.75, 3.05) is 6.54 Å². The number of carbonyl (C=O) groups is 4. The molecule has 0 bridgehead atoms. The maximum Gasteiger partial charge on any atom is 0.280 e. The van der Waals surface area contributed by atoms with Gasteiger partial charge in [0.15, 0.2) is 5.78 Å². The van der Waals surface area contributed by atoms with Gasteiger partial charge in [-0.1, -0.05) is 59.1 Å². The Hall–Kier alpha value is -3.19. The number of amides is 3. The molecule has 0 spiro atoms. The third-order valence-corrected chi connectivity index (χ3v) is 5.76. The summed E-state index contributed by atoms with van der Waals surface area (Å²) in [5.41, 5.74) is 0.378. The van der Waals surface area contributed by atoms with E-state index in [9.17, 15) is 19.2 Å². The number of halogens is 3. The van der Waals surface area contributed by atoms with E-state index in [4.69, 9.17) is 34.8 Å². The van der Waals surface area contributed by atoms with E-state index in [1.165, 1.54) is 42.5 Å². The Bertz CT molecular complexity index is 1260. The number of rotatable bonds is 5. The van der Waals surface area contributed by atoms with Crippen LogP contribution in [-0.2, 0) is 0 Å². The molecular formula is C23H13Cl3N2O4. The van der Waals surface area contributed by atoms with Gasteiger partial charge in [0, 0.05) is 10.6 Å². The molecule has 0 aromatic heterocycles. The minimum atomic E-state index is -0.788. The molecule has 9 heteroatoms. The van der Waals surface area contributed by atoms with E-state index in [-0.39, 0.29) is 32.3 Å². The highest BCUT2D eigenvalue weighted by molar-refractivity contribution is 6.37. The van der Waals surface area contributed by atoms with Crippen LogP contribution in [0.15, 0.2) is 66.7 Å². The molecule has 1 aliphatic heterocycles. The number of hydrogen-bond acceptors (Lipinski definition) is 4. The lowest BCUT2D eigenvalue weighted by atomic mass is 10.1. The van der Waals surface area contributed by atoms with Crippen molar-refractivity contribution in [1.82, 2.24) is 10.0 Å². The van der Waals surface area contributed by atoms with Gasteiger partial charge in [-0.05, 0) is 42.5 Å². The molecule has 3 amide bonds. The highest BCUT2D eigenvalue weighted by Crippen LogP contribution is 2.28. The highest BCUT2D eigenvalue weighted by Gasteiger charge is 2.42. The smallest absolute Gasteiger partial charge is 0.280 e. The molecular weight excluding hydrogens is 475 g/mol. The number of carbonyl (C=O) groups excluding carboxylic acids is 4. The molecule has 0 unspecified atom stereocenters. The van der Waals surface area contributed by atoms with E-state index in [2.05, 4.69) is 0 Å². The summed E-state index contributed by atoms with van der Waals surface area (Å²) in [6.45, 7) is -0.628. The molecule has 1 aliphatic rings. The Labute approximate surface area is 197 Å². The van der Waals surface area contributed by atoms with Gasteiger partial charge in [-0.3, -0.25) is 19.2 Å². The van der Waals surface area contributed by atoms with Crippen LogP contribution in [-0.4, -0.2) is 40.1 Å². The van der Waals surface area contributed by atoms with E-state index in [0.717, 1.165) is 5.01 Å². The van der Waals surface area contributed by atoms with Crippen molar-refractivity contribution in [3.63, 3.8) is 0 Å². The van der Waals surface area contributed by atoms with Gasteiger partial charge in [-0.15, -0.1) is 0 Å². The molecule has 32 heavy (non-hydrogen) atoms. The quantitative estimate of drug-likeness (QED) is 0.367. The van der Waals surface area contributed by atoms with Crippen LogP contribution in [0.2, 0.25) is 15.1 Å². The van der Waals surface area contributed by atoms with Gasteiger partial charge in [-0.25, -0.2) is 5.01 Å². The first kappa shape index (κ1) is 22.0. The van der Waals surface area contributed by atoms with Crippen LogP contribution in [0.5, 0.6) is 0 Å². The Balaban J connectivity index is 1.77. The summed E-state index contributed by atoms with van der Waals surface area (Å²) in [6.07, 6.45) is 0. The van der Waals surface area contributed by atoms with Gasteiger partial charge in [0.1, 0.15) is 6.54 Å². The molecule has 0 saturated carbocycles. The fraction of sp³-hybridized carbons (Fsp3) is 0.0435. The topological polar surface area (TPSA) is 74.8 Å². The van der Waals surface area contributed by atoms with Gasteiger partial charge in [-0.2, -0.15) is 5.01 Å². The lowest BCUT2D eigenvalue weighted by Gasteiger charge is -2.29. The van der Waals surface area contributed by atoms with Crippen LogP contribution in [0.25, 0.3) is 0 Å². The van der Waals surface area contributed by atoms with E-state index in [1.807, 2.05) is 0 Å². The average Bonchev–Trinajstić information content (AvgIpc) is 3.02. The van der Waals surface area contributed by atoms with Crippen LogP contribution in [0.1, 0.15) is 41.4 Å². The largest absolute Gasteiger partial charge is 0.292 e. The summed E-state index contributed by atoms with van der Waals surface area (Å²) in [6, 6.07) is 16.6. The first-order valence-corrected chi connectivity index (χ1v) is 10.5. The second kappa shape index (κ2) is 8.74. The van der Waals surface area contributed by atoms with Crippen molar-refractivity contribution in [3.8, 4) is 0 Å². The standard InChI is InChI=1S/C23H13Cl3N2O4/c24-13-9-10-16(19(26)11-13)20(29)12-27(21(30)17-7-3-4-8-18(17)25)28-22(31)14-5-1-2-6-15(14)23(28)32/h1-11H,12H2. The van der Waals surface area contributed by atoms with Crippen LogP contribution in [0.3, 0.4) is 0 Å². The van der Waals surface area contributed by atoms with Gasteiger partial charge in [0.25, 0.3) is 17.7 Å². The maximum absolute atomic E-state index is 13.4. The number of hydrogen-bond donors (Lipinski definition) is 0. The van der Waals surface area contributed by atoms with Crippen molar-refractivity contribution in [2.24, 2.45) is 0 Å². The average molecular weight is 488 g/mol. The summed E-state index contributed by atoms with van der Waals surface area (Å²) in [5, 5.41) is 1.97. The van der Waals surface area contributed by atoms with Crippen molar-refractivity contribution in [3.05, 3.63) is 104 Å². The van der Waals surface area contributed by atoms with E-state index < -0.39 is 30.0 Å². The van der Waals surface area contributed by atoms with Crippen LogP contribution >= 0.6 is 34.8 Å². The minimum Gasteiger partial charge on any atom is -0.292 e. The van der Waals surface area contributed by atoms with Crippen molar-refractivity contribution < 1.29 is 19.2 Å².